The number of fused-ring (bicyclic) bond motifs is 1. The number of ether oxygens (including phenoxy) is 2. The normalized spacial score (nSPS) is 18.1. The molecule has 0 bridgehead atoms. The SMILES string of the molecule is COc1cc2ncnc(-n3nc(N)nc3Nc3ccc(N4CCN(CC5CC5)[C@@H](C)C4)nc3)c2cc1OC. The van der Waals surface area contributed by atoms with Gasteiger partial charge in [-0.15, -0.1) is 5.10 Å². The van der Waals surface area contributed by atoms with Crippen molar-refractivity contribution >= 4 is 34.3 Å². The third-order valence-electron chi connectivity index (χ3n) is 7.23. The van der Waals surface area contributed by atoms with E-state index >= 15 is 0 Å². The van der Waals surface area contributed by atoms with Crippen LogP contribution in [0.3, 0.4) is 0 Å². The number of nitrogens with one attached hydrogen (secondary N) is 1. The van der Waals surface area contributed by atoms with Gasteiger partial charge < -0.3 is 25.4 Å². The predicted octanol–water partition coefficient (Wildman–Crippen LogP) is 2.87. The second kappa shape index (κ2) is 9.93. The molecule has 3 aromatic heterocycles. The lowest BCUT2D eigenvalue weighted by molar-refractivity contribution is 0.181. The summed E-state index contributed by atoms with van der Waals surface area (Å²) in [5.74, 6) is 4.04. The second-order valence-electron chi connectivity index (χ2n) is 9.89. The van der Waals surface area contributed by atoms with E-state index in [9.17, 15) is 0 Å². The van der Waals surface area contributed by atoms with Crippen LogP contribution in [0.5, 0.6) is 11.5 Å². The van der Waals surface area contributed by atoms with E-state index in [-0.39, 0.29) is 5.95 Å². The van der Waals surface area contributed by atoms with Crippen LogP contribution in [-0.4, -0.2) is 81.1 Å². The highest BCUT2D eigenvalue weighted by molar-refractivity contribution is 5.88. The van der Waals surface area contributed by atoms with E-state index in [0.717, 1.165) is 37.1 Å². The number of nitrogen functional groups attached to an aromatic ring is 1. The molecule has 3 N–H and O–H groups in total. The topological polar surface area (TPSA) is 132 Å². The molecule has 2 fully saturated rings. The summed E-state index contributed by atoms with van der Waals surface area (Å²) < 4.78 is 12.4. The molecule has 12 heteroatoms. The van der Waals surface area contributed by atoms with Crippen molar-refractivity contribution in [1.82, 2.24) is 34.6 Å². The number of pyridine rings is 1. The Morgan fingerprint density at radius 2 is 1.87 bits per heavy atom. The van der Waals surface area contributed by atoms with Gasteiger partial charge in [-0.3, -0.25) is 4.90 Å². The van der Waals surface area contributed by atoms with E-state index in [1.54, 1.807) is 31.2 Å². The molecule has 0 unspecified atom stereocenters. The lowest BCUT2D eigenvalue weighted by Gasteiger charge is -2.40. The number of methoxy groups -OCH3 is 2. The molecule has 4 heterocycles. The fourth-order valence-electron chi connectivity index (χ4n) is 4.98. The van der Waals surface area contributed by atoms with E-state index in [1.165, 1.54) is 25.7 Å². The van der Waals surface area contributed by atoms with Crippen LogP contribution in [0.1, 0.15) is 19.8 Å². The molecule has 0 radical (unpaired) electrons. The molecule has 1 atom stereocenters. The van der Waals surface area contributed by atoms with Gasteiger partial charge in [-0.05, 0) is 43.9 Å². The van der Waals surface area contributed by atoms with Crippen molar-refractivity contribution in [2.24, 2.45) is 5.92 Å². The van der Waals surface area contributed by atoms with Gasteiger partial charge in [0.2, 0.25) is 11.9 Å². The summed E-state index contributed by atoms with van der Waals surface area (Å²) in [4.78, 5) is 22.9. The highest BCUT2D eigenvalue weighted by Gasteiger charge is 2.30. The molecule has 4 aromatic rings. The molecule has 12 nitrogen and oxygen atoms in total. The first-order chi connectivity index (χ1) is 18.5. The van der Waals surface area contributed by atoms with Crippen LogP contribution < -0.4 is 25.4 Å². The first-order valence-electron chi connectivity index (χ1n) is 12.8. The Morgan fingerprint density at radius 3 is 2.58 bits per heavy atom. The average Bonchev–Trinajstić information content (AvgIpc) is 3.68. The molecule has 38 heavy (non-hydrogen) atoms. The first kappa shape index (κ1) is 24.2. The number of rotatable bonds is 8. The van der Waals surface area contributed by atoms with Gasteiger partial charge in [-0.25, -0.2) is 15.0 Å². The fourth-order valence-corrected chi connectivity index (χ4v) is 4.98. The van der Waals surface area contributed by atoms with E-state index in [1.807, 2.05) is 18.2 Å². The van der Waals surface area contributed by atoms with Crippen LogP contribution in [0.4, 0.5) is 23.4 Å². The maximum Gasteiger partial charge on any atom is 0.241 e. The lowest BCUT2D eigenvalue weighted by Crippen LogP contribution is -2.52. The molecule has 1 saturated heterocycles. The Bertz CT molecular complexity index is 1440. The highest BCUT2D eigenvalue weighted by atomic mass is 16.5. The van der Waals surface area contributed by atoms with Gasteiger partial charge in [0.1, 0.15) is 12.1 Å². The second-order valence-corrected chi connectivity index (χ2v) is 9.89. The fraction of sp³-hybridized carbons (Fsp3) is 0.423. The molecule has 1 saturated carbocycles. The van der Waals surface area contributed by atoms with E-state index in [2.05, 4.69) is 42.1 Å². The van der Waals surface area contributed by atoms with Crippen molar-refractivity contribution in [2.75, 3.05) is 56.3 Å². The minimum absolute atomic E-state index is 0.113. The molecule has 198 valence electrons. The number of hydrogen-bond donors (Lipinski definition) is 2. The van der Waals surface area contributed by atoms with Crippen LogP contribution in [0, 0.1) is 5.92 Å². The van der Waals surface area contributed by atoms with E-state index < -0.39 is 0 Å². The quantitative estimate of drug-likeness (QED) is 0.358. The standard InChI is InChI=1S/C26H32N10O2/c1-16-13-35(9-8-34(16)14-17-4-5-17)23-7-6-18(12-28-23)31-26-32-25(27)33-36(26)24-19-10-21(37-2)22(38-3)11-20(19)29-15-30-24/h6-7,10-12,15-17H,4-5,8-9,13-14H2,1-3H3,(H3,27,31,32,33)/t16-/m0/s1. The molecule has 1 aromatic carbocycles. The largest absolute Gasteiger partial charge is 0.493 e. The number of piperazine rings is 1. The van der Waals surface area contributed by atoms with Gasteiger partial charge in [0.15, 0.2) is 17.3 Å². The van der Waals surface area contributed by atoms with Gasteiger partial charge in [0.05, 0.1) is 31.6 Å². The van der Waals surface area contributed by atoms with Gasteiger partial charge in [-0.2, -0.15) is 9.67 Å². The summed E-state index contributed by atoms with van der Waals surface area (Å²) >= 11 is 0. The molecule has 2 aliphatic rings. The zero-order valence-electron chi connectivity index (χ0n) is 21.8. The number of anilines is 4. The molecular weight excluding hydrogens is 484 g/mol. The van der Waals surface area contributed by atoms with E-state index in [0.29, 0.717) is 40.2 Å². The Balaban J connectivity index is 1.23. The lowest BCUT2D eigenvalue weighted by atomic mass is 10.1. The summed E-state index contributed by atoms with van der Waals surface area (Å²) in [7, 11) is 3.17. The van der Waals surface area contributed by atoms with E-state index in [4.69, 9.17) is 20.2 Å². The Labute approximate surface area is 220 Å². The molecule has 6 rings (SSSR count). The molecular formula is C26H32N10O2. The molecule has 1 aliphatic heterocycles. The van der Waals surface area contributed by atoms with Crippen LogP contribution in [0.25, 0.3) is 16.7 Å². The zero-order valence-corrected chi connectivity index (χ0v) is 21.8. The van der Waals surface area contributed by atoms with Gasteiger partial charge in [0, 0.05) is 43.7 Å². The van der Waals surface area contributed by atoms with Crippen molar-refractivity contribution in [3.63, 3.8) is 0 Å². The average molecular weight is 517 g/mol. The Kier molecular flexibility index (Phi) is 6.32. The van der Waals surface area contributed by atoms with Gasteiger partial charge in [0.25, 0.3) is 0 Å². The zero-order chi connectivity index (χ0) is 26.2. The van der Waals surface area contributed by atoms with Crippen LogP contribution in [0.2, 0.25) is 0 Å². The summed E-state index contributed by atoms with van der Waals surface area (Å²) in [5.41, 5.74) is 7.43. The minimum atomic E-state index is 0.113. The number of nitrogens with two attached hydrogens (primary N) is 1. The highest BCUT2D eigenvalue weighted by Crippen LogP contribution is 2.34. The third kappa shape index (κ3) is 4.74. The Morgan fingerprint density at radius 1 is 1.05 bits per heavy atom. The van der Waals surface area contributed by atoms with Gasteiger partial charge in [-0.1, -0.05) is 0 Å². The van der Waals surface area contributed by atoms with Crippen molar-refractivity contribution in [3.8, 4) is 17.3 Å². The number of aromatic nitrogens is 6. The number of benzene rings is 1. The Hall–Kier alpha value is -4.19. The van der Waals surface area contributed by atoms with Crippen LogP contribution >= 0.6 is 0 Å². The first-order valence-corrected chi connectivity index (χ1v) is 12.8. The van der Waals surface area contributed by atoms with Crippen molar-refractivity contribution in [1.29, 1.82) is 0 Å². The minimum Gasteiger partial charge on any atom is -0.493 e. The van der Waals surface area contributed by atoms with Crippen LogP contribution in [0.15, 0.2) is 36.8 Å². The maximum absolute atomic E-state index is 6.00. The molecule has 1 aliphatic carbocycles. The number of nitrogens with zero attached hydrogens (tertiary/aromatic N) is 8. The smallest absolute Gasteiger partial charge is 0.241 e. The monoisotopic (exact) mass is 516 g/mol. The van der Waals surface area contributed by atoms with Crippen molar-refractivity contribution in [2.45, 2.75) is 25.8 Å². The third-order valence-corrected chi connectivity index (χ3v) is 7.23. The van der Waals surface area contributed by atoms with Gasteiger partial charge >= 0.3 is 0 Å². The van der Waals surface area contributed by atoms with Crippen LogP contribution in [-0.2, 0) is 0 Å². The van der Waals surface area contributed by atoms with Crippen molar-refractivity contribution < 1.29 is 9.47 Å². The molecule has 0 amide bonds. The summed E-state index contributed by atoms with van der Waals surface area (Å²) in [6.07, 6.45) is 6.04. The summed E-state index contributed by atoms with van der Waals surface area (Å²) in [6.45, 7) is 6.58. The maximum atomic E-state index is 6.00. The predicted molar refractivity (Wildman–Crippen MR) is 145 cm³/mol. The summed E-state index contributed by atoms with van der Waals surface area (Å²) in [5, 5.41) is 8.38. The van der Waals surface area contributed by atoms with Crippen molar-refractivity contribution in [3.05, 3.63) is 36.8 Å². The number of hydrogen-bond acceptors (Lipinski definition) is 11. The summed E-state index contributed by atoms with van der Waals surface area (Å²) in [6, 6.07) is 8.15. The molecule has 0 spiro atoms.